The third kappa shape index (κ3) is 5.46. The number of para-hydroxylation sites is 1. The molecule has 200 valence electrons. The normalized spacial score (nSPS) is 18.1. The number of nitrogens with zero attached hydrogens (tertiary/aromatic N) is 3. The fraction of sp³-hybridized carbons (Fsp3) is 0.364. The summed E-state index contributed by atoms with van der Waals surface area (Å²) >= 11 is 1.03. The van der Waals surface area contributed by atoms with Crippen molar-refractivity contribution in [2.24, 2.45) is 0 Å². The molecule has 3 heterocycles. The van der Waals surface area contributed by atoms with E-state index in [1.54, 1.807) is 6.07 Å². The number of nitrogens with two attached hydrogens (primary N) is 1. The summed E-state index contributed by atoms with van der Waals surface area (Å²) in [5.41, 5.74) is 6.21. The van der Waals surface area contributed by atoms with Gasteiger partial charge < -0.3 is 35.8 Å². The molecule has 1 aromatic heterocycles. The fourth-order valence-electron chi connectivity index (χ4n) is 4.36. The van der Waals surface area contributed by atoms with Crippen LogP contribution in [0, 0.1) is 0 Å². The Morgan fingerprint density at radius 1 is 1.26 bits per heavy atom. The number of carboxylic acid groups (broad SMARTS) is 1. The predicted octanol–water partition coefficient (Wildman–Crippen LogP) is -0.718. The minimum atomic E-state index is -1.50. The van der Waals surface area contributed by atoms with Crippen LogP contribution >= 0.6 is 11.3 Å². The summed E-state index contributed by atoms with van der Waals surface area (Å²) in [4.78, 5) is 68.5. The van der Waals surface area contributed by atoms with Crippen molar-refractivity contribution in [3.63, 3.8) is 0 Å². The van der Waals surface area contributed by atoms with Gasteiger partial charge in [0.05, 0.1) is 17.9 Å². The number of aromatic nitrogens is 1. The SMILES string of the molecule is Nc1nc(C(NC(=O)N2CCN(CCO)C(=O)C2=O)C(=O)C[C@H]2Cc3cccc(C(=O)O)c3OB2O)cs1. The Morgan fingerprint density at radius 2 is 2.03 bits per heavy atom. The number of hydrogen-bond acceptors (Lipinski definition) is 11. The number of benzene rings is 1. The molecule has 2 aliphatic heterocycles. The number of hydrogen-bond donors (Lipinski definition) is 5. The fourth-order valence-corrected chi connectivity index (χ4v) is 4.95. The van der Waals surface area contributed by atoms with Crippen LogP contribution in [0.5, 0.6) is 5.75 Å². The predicted molar refractivity (Wildman–Crippen MR) is 132 cm³/mol. The smallest absolute Gasteiger partial charge is 0.526 e. The number of aliphatic hydroxyl groups is 1. The molecule has 14 nitrogen and oxygen atoms in total. The number of amides is 4. The minimum absolute atomic E-state index is 0.0180. The van der Waals surface area contributed by atoms with E-state index in [4.69, 9.17) is 15.5 Å². The topological polar surface area (TPSA) is 213 Å². The van der Waals surface area contributed by atoms with E-state index in [0.717, 1.165) is 16.2 Å². The van der Waals surface area contributed by atoms with Crippen LogP contribution in [0.25, 0.3) is 0 Å². The molecule has 0 aliphatic carbocycles. The summed E-state index contributed by atoms with van der Waals surface area (Å²) < 4.78 is 5.45. The Hall–Kier alpha value is -4.02. The Morgan fingerprint density at radius 3 is 2.68 bits per heavy atom. The molecular weight excluding hydrogens is 521 g/mol. The molecule has 1 aromatic carbocycles. The van der Waals surface area contributed by atoms with Crippen molar-refractivity contribution in [3.8, 4) is 5.75 Å². The summed E-state index contributed by atoms with van der Waals surface area (Å²) in [7, 11) is -1.50. The molecule has 0 spiro atoms. The van der Waals surface area contributed by atoms with Gasteiger partial charge in [-0.3, -0.25) is 19.3 Å². The first-order valence-electron chi connectivity index (χ1n) is 11.6. The number of aromatic carboxylic acids is 1. The van der Waals surface area contributed by atoms with Crippen LogP contribution in [0.2, 0.25) is 5.82 Å². The molecule has 1 unspecified atom stereocenters. The van der Waals surface area contributed by atoms with E-state index in [-0.39, 0.29) is 61.2 Å². The van der Waals surface area contributed by atoms with Gasteiger partial charge in [-0.05, 0) is 18.1 Å². The van der Waals surface area contributed by atoms with Crippen LogP contribution in [-0.2, 0) is 20.8 Å². The third-order valence-electron chi connectivity index (χ3n) is 6.26. The average molecular weight is 545 g/mol. The van der Waals surface area contributed by atoms with Gasteiger partial charge in [0.2, 0.25) is 0 Å². The second kappa shape index (κ2) is 11.2. The van der Waals surface area contributed by atoms with Crippen molar-refractivity contribution in [2.45, 2.75) is 24.7 Å². The number of carboxylic acids is 1. The number of ketones is 1. The number of fused-ring (bicyclic) bond motifs is 1. The third-order valence-corrected chi connectivity index (χ3v) is 6.96. The number of rotatable bonds is 8. The second-order valence-corrected chi connectivity index (χ2v) is 9.60. The van der Waals surface area contributed by atoms with Gasteiger partial charge in [-0.1, -0.05) is 12.1 Å². The molecule has 0 bridgehead atoms. The number of carbonyl (C=O) groups excluding carboxylic acids is 4. The first-order chi connectivity index (χ1) is 18.1. The number of thiazole rings is 1. The molecule has 1 fully saturated rings. The lowest BCUT2D eigenvalue weighted by Gasteiger charge is -2.33. The van der Waals surface area contributed by atoms with Gasteiger partial charge in [0, 0.05) is 37.3 Å². The largest absolute Gasteiger partial charge is 0.535 e. The molecule has 2 aliphatic rings. The number of urea groups is 1. The number of β-amino-alcohol motifs (C(OH)–C–C–N with tert-alkyl or cyclic N) is 1. The molecule has 16 heteroatoms. The van der Waals surface area contributed by atoms with Gasteiger partial charge in [-0.2, -0.15) is 0 Å². The van der Waals surface area contributed by atoms with Crippen molar-refractivity contribution < 1.29 is 43.9 Å². The van der Waals surface area contributed by atoms with E-state index in [1.165, 1.54) is 17.5 Å². The van der Waals surface area contributed by atoms with Gasteiger partial charge in [-0.15, -0.1) is 11.3 Å². The highest BCUT2D eigenvalue weighted by atomic mass is 32.1. The zero-order valence-electron chi connectivity index (χ0n) is 19.9. The summed E-state index contributed by atoms with van der Waals surface area (Å²) in [6.07, 6.45) is -0.166. The van der Waals surface area contributed by atoms with Gasteiger partial charge in [0.25, 0.3) is 0 Å². The van der Waals surface area contributed by atoms with Gasteiger partial charge in [-0.25, -0.2) is 14.6 Å². The van der Waals surface area contributed by atoms with Crippen molar-refractivity contribution in [2.75, 3.05) is 32.0 Å². The molecular formula is C22H24BN5O9S. The van der Waals surface area contributed by atoms with Crippen LogP contribution in [0.4, 0.5) is 9.93 Å². The van der Waals surface area contributed by atoms with Gasteiger partial charge >= 0.3 is 30.9 Å². The van der Waals surface area contributed by atoms with Gasteiger partial charge in [0.15, 0.2) is 10.9 Å². The second-order valence-electron chi connectivity index (χ2n) is 8.71. The van der Waals surface area contributed by atoms with Gasteiger partial charge in [0.1, 0.15) is 11.8 Å². The number of piperazine rings is 1. The number of anilines is 1. The maximum absolute atomic E-state index is 13.4. The summed E-state index contributed by atoms with van der Waals surface area (Å²) in [5, 5.41) is 33.0. The molecule has 4 amide bonds. The highest BCUT2D eigenvalue weighted by molar-refractivity contribution is 7.13. The summed E-state index contributed by atoms with van der Waals surface area (Å²) in [6.45, 7) is -0.521. The zero-order valence-corrected chi connectivity index (χ0v) is 20.7. The van der Waals surface area contributed by atoms with Crippen molar-refractivity contribution in [3.05, 3.63) is 40.4 Å². The molecule has 2 atom stereocenters. The van der Waals surface area contributed by atoms with E-state index >= 15 is 0 Å². The molecule has 38 heavy (non-hydrogen) atoms. The van der Waals surface area contributed by atoms with E-state index in [2.05, 4.69) is 10.3 Å². The molecule has 4 rings (SSSR count). The summed E-state index contributed by atoms with van der Waals surface area (Å²) in [5.74, 6) is -4.61. The highest BCUT2D eigenvalue weighted by Gasteiger charge is 2.41. The van der Waals surface area contributed by atoms with E-state index in [9.17, 15) is 34.1 Å². The average Bonchev–Trinajstić information content (AvgIpc) is 3.31. The lowest BCUT2D eigenvalue weighted by molar-refractivity contribution is -0.154. The van der Waals surface area contributed by atoms with E-state index < -0.39 is 48.6 Å². The Labute approximate surface area is 220 Å². The molecule has 0 saturated carbocycles. The van der Waals surface area contributed by atoms with Crippen LogP contribution in [0.3, 0.4) is 0 Å². The number of aliphatic hydroxyl groups excluding tert-OH is 1. The van der Waals surface area contributed by atoms with Crippen molar-refractivity contribution >= 4 is 53.2 Å². The molecule has 2 aromatic rings. The lowest BCUT2D eigenvalue weighted by atomic mass is 9.64. The minimum Gasteiger partial charge on any atom is -0.535 e. The monoisotopic (exact) mass is 545 g/mol. The van der Waals surface area contributed by atoms with E-state index in [0.29, 0.717) is 10.5 Å². The maximum atomic E-state index is 13.4. The summed E-state index contributed by atoms with van der Waals surface area (Å²) in [6, 6.07) is 2.15. The number of nitrogen functional groups attached to an aromatic ring is 1. The van der Waals surface area contributed by atoms with Crippen molar-refractivity contribution in [1.82, 2.24) is 20.1 Å². The Kier molecular flexibility index (Phi) is 7.94. The highest BCUT2D eigenvalue weighted by Crippen LogP contribution is 2.37. The maximum Gasteiger partial charge on any atom is 0.526 e. The quantitative estimate of drug-likeness (QED) is 0.206. The first-order valence-corrected chi connectivity index (χ1v) is 12.4. The zero-order chi connectivity index (χ0) is 27.6. The van der Waals surface area contributed by atoms with Crippen LogP contribution < -0.4 is 15.7 Å². The first kappa shape index (κ1) is 27.0. The number of Topliss-reactive ketones (excluding diaryl/α,β-unsaturated/α-hetero) is 1. The van der Waals surface area contributed by atoms with Crippen LogP contribution in [0.1, 0.15) is 34.1 Å². The molecule has 1 saturated heterocycles. The number of imide groups is 1. The number of carbonyl (C=O) groups is 5. The molecule has 6 N–H and O–H groups in total. The Balaban J connectivity index is 1.51. The van der Waals surface area contributed by atoms with Crippen LogP contribution in [-0.4, -0.2) is 93.0 Å². The standard InChI is InChI=1S/C22H24BN5O9S/c24-21-25-14(10-38-21)16(26-22(35)28-5-4-27(6-7-29)18(31)19(28)32)15(30)9-12-8-11-2-1-3-13(20(33)34)17(11)37-23(12)36/h1-3,10,12,16,29,36H,4-9H2,(H2,24,25)(H,26,35)(H,33,34)/t12-,16?/m1/s1. The Bertz CT molecular complexity index is 1290. The van der Waals surface area contributed by atoms with Crippen LogP contribution in [0.15, 0.2) is 23.6 Å². The molecule has 0 radical (unpaired) electrons. The number of nitrogens with one attached hydrogen (secondary N) is 1. The van der Waals surface area contributed by atoms with E-state index in [1.807, 2.05) is 0 Å². The lowest BCUT2D eigenvalue weighted by Crippen LogP contribution is -2.59. The van der Waals surface area contributed by atoms with Crippen molar-refractivity contribution in [1.29, 1.82) is 0 Å².